The molecule has 0 saturated carbocycles. The maximum Gasteiger partial charge on any atom is 0.303 e. The van der Waals surface area contributed by atoms with Crippen LogP contribution in [0.4, 0.5) is 0 Å². The molecule has 1 fully saturated rings. The lowest BCUT2D eigenvalue weighted by Crippen LogP contribution is -2.58. The summed E-state index contributed by atoms with van der Waals surface area (Å²) in [6, 6.07) is 0. The second-order valence-corrected chi connectivity index (χ2v) is 4.19. The van der Waals surface area contributed by atoms with Crippen molar-refractivity contribution in [3.63, 3.8) is 0 Å². The summed E-state index contributed by atoms with van der Waals surface area (Å²) in [6.45, 7) is 5.88. The molecule has 0 bridgehead atoms. The van der Waals surface area contributed by atoms with Crippen LogP contribution in [-0.4, -0.2) is 47.6 Å². The molecule has 1 aliphatic heterocycles. The molecule has 0 radical (unpaired) electrons. The fourth-order valence-corrected chi connectivity index (χ4v) is 1.95. The Kier molecular flexibility index (Phi) is 4.47. The van der Waals surface area contributed by atoms with Crippen molar-refractivity contribution in [2.24, 2.45) is 0 Å². The number of aliphatic hydroxyl groups excluding tert-OH is 1. The van der Waals surface area contributed by atoms with E-state index in [1.807, 2.05) is 0 Å². The summed E-state index contributed by atoms with van der Waals surface area (Å²) in [6.07, 6.45) is -3.63. The Labute approximate surface area is 99.8 Å². The number of esters is 2. The lowest BCUT2D eigenvalue weighted by atomic mass is 9.96. The molecule has 1 rings (SSSR count). The fourth-order valence-electron chi connectivity index (χ4n) is 1.95. The van der Waals surface area contributed by atoms with Crippen LogP contribution < -0.4 is 0 Å². The van der Waals surface area contributed by atoms with E-state index in [-0.39, 0.29) is 0 Å². The third kappa shape index (κ3) is 3.41. The third-order valence-electron chi connectivity index (χ3n) is 2.63. The summed E-state index contributed by atoms with van der Waals surface area (Å²) in [5.74, 6) is -1.03. The minimum Gasteiger partial charge on any atom is -0.457 e. The van der Waals surface area contributed by atoms with Crippen LogP contribution in [0.2, 0.25) is 0 Å². The van der Waals surface area contributed by atoms with Gasteiger partial charge in [0.2, 0.25) is 0 Å². The Bertz CT molecular complexity index is 274. The number of ether oxygens (including phenoxy) is 3. The molecule has 1 heterocycles. The summed E-state index contributed by atoms with van der Waals surface area (Å²) >= 11 is 0. The highest BCUT2D eigenvalue weighted by molar-refractivity contribution is 5.67. The van der Waals surface area contributed by atoms with Crippen molar-refractivity contribution in [1.82, 2.24) is 0 Å². The first-order valence-corrected chi connectivity index (χ1v) is 5.51. The van der Waals surface area contributed by atoms with Crippen LogP contribution in [0, 0.1) is 0 Å². The van der Waals surface area contributed by atoms with Crippen molar-refractivity contribution >= 4 is 11.9 Å². The molecule has 0 amide bonds. The Balaban J connectivity index is 2.78. The lowest BCUT2D eigenvalue weighted by Gasteiger charge is -2.41. The monoisotopic (exact) mass is 246 g/mol. The molecule has 1 N–H and O–H groups in total. The Morgan fingerprint density at radius 3 is 1.65 bits per heavy atom. The zero-order chi connectivity index (χ0) is 13.2. The summed E-state index contributed by atoms with van der Waals surface area (Å²) in [7, 11) is 0. The van der Waals surface area contributed by atoms with Gasteiger partial charge in [-0.1, -0.05) is 0 Å². The molecule has 3 unspecified atom stereocenters. The van der Waals surface area contributed by atoms with Crippen molar-refractivity contribution < 1.29 is 28.9 Å². The number of rotatable bonds is 2. The summed E-state index contributed by atoms with van der Waals surface area (Å²) in [4.78, 5) is 21.8. The Morgan fingerprint density at radius 1 is 1.00 bits per heavy atom. The average Bonchev–Trinajstić information content (AvgIpc) is 2.18. The molecule has 0 aliphatic carbocycles. The van der Waals surface area contributed by atoms with E-state index in [2.05, 4.69) is 0 Å². The highest BCUT2D eigenvalue weighted by Crippen LogP contribution is 2.25. The fraction of sp³-hybridized carbons (Fsp3) is 0.818. The number of carbonyl (C=O) groups excluding carboxylic acids is 2. The second-order valence-electron chi connectivity index (χ2n) is 4.19. The molecule has 0 aromatic carbocycles. The molecule has 17 heavy (non-hydrogen) atoms. The van der Waals surface area contributed by atoms with Gasteiger partial charge in [0.25, 0.3) is 0 Å². The Morgan fingerprint density at radius 2 is 1.35 bits per heavy atom. The lowest BCUT2D eigenvalue weighted by molar-refractivity contribution is -0.232. The third-order valence-corrected chi connectivity index (χ3v) is 2.63. The van der Waals surface area contributed by atoms with Gasteiger partial charge in [-0.15, -0.1) is 0 Å². The van der Waals surface area contributed by atoms with Crippen molar-refractivity contribution in [2.75, 3.05) is 0 Å². The van der Waals surface area contributed by atoms with E-state index in [9.17, 15) is 14.7 Å². The van der Waals surface area contributed by atoms with Gasteiger partial charge in [-0.3, -0.25) is 9.59 Å². The van der Waals surface area contributed by atoms with Crippen molar-refractivity contribution in [3.8, 4) is 0 Å². The maximum absolute atomic E-state index is 10.9. The first-order valence-electron chi connectivity index (χ1n) is 5.51. The van der Waals surface area contributed by atoms with Gasteiger partial charge < -0.3 is 19.3 Å². The molecule has 0 spiro atoms. The van der Waals surface area contributed by atoms with E-state index in [1.165, 1.54) is 13.8 Å². The van der Waals surface area contributed by atoms with E-state index in [0.717, 1.165) is 0 Å². The molecule has 0 aromatic heterocycles. The average molecular weight is 246 g/mol. The molecule has 0 aromatic rings. The molecular weight excluding hydrogens is 228 g/mol. The number of hydrogen-bond donors (Lipinski definition) is 1. The van der Waals surface area contributed by atoms with Gasteiger partial charge in [-0.25, -0.2) is 0 Å². The SMILES string of the molecule is CC(=O)OC1C(O)[C@@H](OC(C)=O)C(C)O[C@H]1C. The topological polar surface area (TPSA) is 82.1 Å². The molecule has 1 saturated heterocycles. The standard InChI is InChI=1S/C11H18O6/c1-5-10(16-7(3)12)9(14)11(6(2)15-5)17-8(4)13/h5-6,9-11,14H,1-4H3/t5-,6?,9?,10?,11-/m0/s1. The zero-order valence-corrected chi connectivity index (χ0v) is 10.4. The smallest absolute Gasteiger partial charge is 0.303 e. The predicted molar refractivity (Wildman–Crippen MR) is 57.1 cm³/mol. The maximum atomic E-state index is 10.9. The van der Waals surface area contributed by atoms with Crippen LogP contribution in [0.25, 0.3) is 0 Å². The van der Waals surface area contributed by atoms with Crippen LogP contribution in [-0.2, 0) is 23.8 Å². The van der Waals surface area contributed by atoms with Crippen LogP contribution in [0.5, 0.6) is 0 Å². The van der Waals surface area contributed by atoms with Gasteiger partial charge in [-0.2, -0.15) is 0 Å². The number of carbonyl (C=O) groups is 2. The van der Waals surface area contributed by atoms with Gasteiger partial charge in [0, 0.05) is 13.8 Å². The van der Waals surface area contributed by atoms with Gasteiger partial charge >= 0.3 is 11.9 Å². The van der Waals surface area contributed by atoms with Crippen LogP contribution in [0.15, 0.2) is 0 Å². The first kappa shape index (κ1) is 13.9. The highest BCUT2D eigenvalue weighted by Gasteiger charge is 2.45. The molecule has 98 valence electrons. The van der Waals surface area contributed by atoms with E-state index in [4.69, 9.17) is 14.2 Å². The molecule has 6 heteroatoms. The van der Waals surface area contributed by atoms with Crippen LogP contribution >= 0.6 is 0 Å². The van der Waals surface area contributed by atoms with Crippen molar-refractivity contribution in [2.45, 2.75) is 58.2 Å². The first-order chi connectivity index (χ1) is 7.82. The summed E-state index contributed by atoms with van der Waals surface area (Å²) < 4.78 is 15.4. The molecule has 5 atom stereocenters. The summed E-state index contributed by atoms with van der Waals surface area (Å²) in [5.41, 5.74) is 0. The number of aliphatic hydroxyl groups is 1. The minimum absolute atomic E-state index is 0.448. The highest BCUT2D eigenvalue weighted by atomic mass is 16.6. The molecule has 6 nitrogen and oxygen atoms in total. The van der Waals surface area contributed by atoms with E-state index in [1.54, 1.807) is 13.8 Å². The van der Waals surface area contributed by atoms with Crippen LogP contribution in [0.3, 0.4) is 0 Å². The summed E-state index contributed by atoms with van der Waals surface area (Å²) in [5, 5.41) is 10.0. The molecular formula is C11H18O6. The van der Waals surface area contributed by atoms with Crippen LogP contribution in [0.1, 0.15) is 27.7 Å². The van der Waals surface area contributed by atoms with Gasteiger partial charge in [0.1, 0.15) is 6.10 Å². The van der Waals surface area contributed by atoms with Gasteiger partial charge in [-0.05, 0) is 13.8 Å². The van der Waals surface area contributed by atoms with E-state index >= 15 is 0 Å². The molecule has 1 aliphatic rings. The zero-order valence-electron chi connectivity index (χ0n) is 10.4. The van der Waals surface area contributed by atoms with Crippen molar-refractivity contribution in [3.05, 3.63) is 0 Å². The second kappa shape index (κ2) is 5.46. The quantitative estimate of drug-likeness (QED) is 0.691. The van der Waals surface area contributed by atoms with E-state index in [0.29, 0.717) is 0 Å². The van der Waals surface area contributed by atoms with Gasteiger partial charge in [0.05, 0.1) is 12.2 Å². The van der Waals surface area contributed by atoms with Crippen molar-refractivity contribution in [1.29, 1.82) is 0 Å². The number of hydrogen-bond acceptors (Lipinski definition) is 6. The van der Waals surface area contributed by atoms with Gasteiger partial charge in [0.15, 0.2) is 12.2 Å². The predicted octanol–water partition coefficient (Wildman–Crippen LogP) is 0.0179. The minimum atomic E-state index is -1.08. The van der Waals surface area contributed by atoms with E-state index < -0.39 is 42.5 Å². The largest absolute Gasteiger partial charge is 0.457 e. The normalized spacial score (nSPS) is 37.4. The Hall–Kier alpha value is -1.14.